The molecule has 174 valence electrons. The third kappa shape index (κ3) is 3.99. The summed E-state index contributed by atoms with van der Waals surface area (Å²) in [5.74, 6) is 1.41. The van der Waals surface area contributed by atoms with Gasteiger partial charge in [0, 0.05) is 10.4 Å². The monoisotopic (exact) mass is 478 g/mol. The number of methoxy groups -OCH3 is 3. The Morgan fingerprint density at radius 3 is 2.44 bits per heavy atom. The molecule has 1 aliphatic carbocycles. The quantitative estimate of drug-likeness (QED) is 0.345. The van der Waals surface area contributed by atoms with Gasteiger partial charge >= 0.3 is 5.97 Å². The van der Waals surface area contributed by atoms with E-state index in [1.807, 2.05) is 18.2 Å². The van der Waals surface area contributed by atoms with E-state index in [-0.39, 0.29) is 18.4 Å². The zero-order chi connectivity index (χ0) is 23.7. The maximum atomic E-state index is 12.7. The second-order valence-electron chi connectivity index (χ2n) is 7.61. The van der Waals surface area contributed by atoms with Crippen molar-refractivity contribution in [2.45, 2.75) is 19.4 Å². The number of esters is 1. The van der Waals surface area contributed by atoms with E-state index < -0.39 is 5.97 Å². The zero-order valence-corrected chi connectivity index (χ0v) is 19.7. The van der Waals surface area contributed by atoms with Gasteiger partial charge in [0.2, 0.25) is 11.6 Å². The van der Waals surface area contributed by atoms with Gasteiger partial charge < -0.3 is 23.4 Å². The third-order valence-electron chi connectivity index (χ3n) is 5.64. The van der Waals surface area contributed by atoms with Crippen LogP contribution < -0.4 is 14.2 Å². The maximum Gasteiger partial charge on any atom is 0.348 e. The molecular formula is C25H22N2O6S. The van der Waals surface area contributed by atoms with Crippen LogP contribution in [-0.4, -0.2) is 37.5 Å². The minimum absolute atomic E-state index is 0.130. The molecule has 2 aromatic carbocycles. The molecule has 2 aromatic heterocycles. The van der Waals surface area contributed by atoms with Crippen molar-refractivity contribution in [1.29, 1.82) is 0 Å². The molecular weight excluding hydrogens is 456 g/mol. The van der Waals surface area contributed by atoms with Gasteiger partial charge in [0.1, 0.15) is 4.88 Å². The van der Waals surface area contributed by atoms with Crippen LogP contribution in [0, 0.1) is 0 Å². The molecule has 0 saturated carbocycles. The molecule has 0 atom stereocenters. The number of hydrogen-bond donors (Lipinski definition) is 0. The zero-order valence-electron chi connectivity index (χ0n) is 18.9. The average molecular weight is 479 g/mol. The number of aromatic nitrogens is 2. The molecule has 0 N–H and O–H groups in total. The molecule has 0 saturated heterocycles. The number of carbonyl (C=O) groups excluding carboxylic acids is 1. The predicted octanol–water partition coefficient (Wildman–Crippen LogP) is 4.95. The van der Waals surface area contributed by atoms with Gasteiger partial charge in [0.15, 0.2) is 18.1 Å². The molecule has 8 nitrogen and oxygen atoms in total. The van der Waals surface area contributed by atoms with E-state index in [0.29, 0.717) is 27.7 Å². The second kappa shape index (κ2) is 9.18. The lowest BCUT2D eigenvalue weighted by Crippen LogP contribution is -2.03. The summed E-state index contributed by atoms with van der Waals surface area (Å²) in [6, 6.07) is 13.6. The van der Waals surface area contributed by atoms with E-state index in [1.165, 1.54) is 49.4 Å². The molecule has 0 spiro atoms. The standard InChI is InChI=1S/C25H22N2O6S/c1-29-18-10-16(11-19(30-2)22(18)31-3)24-27-26-21(33-24)13-32-25(28)20-12-15-9-8-14-6-4-5-7-17(14)23(15)34-20/h4-7,10-12H,8-9,13H2,1-3H3. The minimum Gasteiger partial charge on any atom is -0.493 e. The van der Waals surface area contributed by atoms with Crippen LogP contribution >= 0.6 is 11.3 Å². The largest absolute Gasteiger partial charge is 0.493 e. The highest BCUT2D eigenvalue weighted by Crippen LogP contribution is 2.41. The molecule has 5 rings (SSSR count). The van der Waals surface area contributed by atoms with Gasteiger partial charge in [-0.15, -0.1) is 21.5 Å². The molecule has 0 amide bonds. The Hall–Kier alpha value is -3.85. The Kier molecular flexibility index (Phi) is 5.93. The van der Waals surface area contributed by atoms with Crippen molar-refractivity contribution in [3.63, 3.8) is 0 Å². The van der Waals surface area contributed by atoms with E-state index in [1.54, 1.807) is 12.1 Å². The summed E-state index contributed by atoms with van der Waals surface area (Å²) < 4.78 is 27.2. The Morgan fingerprint density at radius 1 is 0.971 bits per heavy atom. The third-order valence-corrected chi connectivity index (χ3v) is 6.83. The lowest BCUT2D eigenvalue weighted by Gasteiger charge is -2.15. The second-order valence-corrected chi connectivity index (χ2v) is 8.67. The predicted molar refractivity (Wildman–Crippen MR) is 126 cm³/mol. The number of carbonyl (C=O) groups is 1. The van der Waals surface area contributed by atoms with Crippen LogP contribution in [0.4, 0.5) is 0 Å². The number of aryl methyl sites for hydroxylation is 2. The number of hydrogen-bond acceptors (Lipinski definition) is 9. The molecule has 0 aliphatic heterocycles. The molecule has 0 radical (unpaired) electrons. The lowest BCUT2D eigenvalue weighted by atomic mass is 9.91. The van der Waals surface area contributed by atoms with Gasteiger partial charge in [-0.25, -0.2) is 4.79 Å². The first-order valence-corrected chi connectivity index (χ1v) is 11.4. The van der Waals surface area contributed by atoms with E-state index in [4.69, 9.17) is 23.4 Å². The van der Waals surface area contributed by atoms with Crippen LogP contribution in [0.5, 0.6) is 17.2 Å². The minimum atomic E-state index is -0.413. The van der Waals surface area contributed by atoms with Crippen molar-refractivity contribution in [3.8, 4) is 39.1 Å². The van der Waals surface area contributed by atoms with Crippen LogP contribution in [0.2, 0.25) is 0 Å². The highest BCUT2D eigenvalue weighted by atomic mass is 32.1. The van der Waals surface area contributed by atoms with Crippen molar-refractivity contribution in [1.82, 2.24) is 10.2 Å². The fourth-order valence-electron chi connectivity index (χ4n) is 4.00. The number of benzene rings is 2. The van der Waals surface area contributed by atoms with E-state index in [9.17, 15) is 4.79 Å². The molecule has 0 fully saturated rings. The number of thiophene rings is 1. The van der Waals surface area contributed by atoms with E-state index in [2.05, 4.69) is 22.3 Å². The Morgan fingerprint density at radius 2 is 1.71 bits per heavy atom. The molecule has 34 heavy (non-hydrogen) atoms. The first-order valence-electron chi connectivity index (χ1n) is 10.6. The van der Waals surface area contributed by atoms with Crippen molar-refractivity contribution in [2.75, 3.05) is 21.3 Å². The van der Waals surface area contributed by atoms with Crippen molar-refractivity contribution >= 4 is 17.3 Å². The van der Waals surface area contributed by atoms with E-state index in [0.717, 1.165) is 17.7 Å². The van der Waals surface area contributed by atoms with Gasteiger partial charge in [0.05, 0.1) is 21.3 Å². The smallest absolute Gasteiger partial charge is 0.348 e. The summed E-state index contributed by atoms with van der Waals surface area (Å²) in [7, 11) is 4.59. The summed E-state index contributed by atoms with van der Waals surface area (Å²) in [5, 5.41) is 8.07. The normalized spacial score (nSPS) is 12.0. The SMILES string of the molecule is COc1cc(-c2nnc(COC(=O)c3cc4c(s3)-c3ccccc3CC4)o2)cc(OC)c1OC. The fraction of sp³-hybridized carbons (Fsp3) is 0.240. The number of nitrogens with zero attached hydrogens (tertiary/aromatic N) is 2. The lowest BCUT2D eigenvalue weighted by molar-refractivity contribution is 0.0444. The Bertz CT molecular complexity index is 1330. The Labute approximate surface area is 200 Å². The van der Waals surface area contributed by atoms with E-state index >= 15 is 0 Å². The van der Waals surface area contributed by atoms with Gasteiger partial charge in [-0.2, -0.15) is 0 Å². The topological polar surface area (TPSA) is 92.9 Å². The first-order chi connectivity index (χ1) is 16.6. The summed E-state index contributed by atoms with van der Waals surface area (Å²) in [4.78, 5) is 14.4. The van der Waals surface area contributed by atoms with Crippen LogP contribution in [0.1, 0.15) is 26.7 Å². The average Bonchev–Trinajstić information content (AvgIpc) is 3.54. The fourth-order valence-corrected chi connectivity index (χ4v) is 5.17. The highest BCUT2D eigenvalue weighted by molar-refractivity contribution is 7.17. The van der Waals surface area contributed by atoms with Crippen molar-refractivity contribution in [3.05, 3.63) is 64.4 Å². The van der Waals surface area contributed by atoms with Crippen LogP contribution in [0.3, 0.4) is 0 Å². The van der Waals surface area contributed by atoms with Gasteiger partial charge in [-0.1, -0.05) is 24.3 Å². The summed E-state index contributed by atoms with van der Waals surface area (Å²) in [6.45, 7) is -0.130. The van der Waals surface area contributed by atoms with Crippen molar-refractivity contribution in [2.24, 2.45) is 0 Å². The molecule has 9 heteroatoms. The van der Waals surface area contributed by atoms with Gasteiger partial charge in [-0.05, 0) is 47.7 Å². The van der Waals surface area contributed by atoms with Gasteiger partial charge in [0.25, 0.3) is 5.89 Å². The van der Waals surface area contributed by atoms with Gasteiger partial charge in [-0.3, -0.25) is 0 Å². The van der Waals surface area contributed by atoms with Crippen LogP contribution in [0.15, 0.2) is 46.9 Å². The number of rotatable bonds is 7. The van der Waals surface area contributed by atoms with Crippen LogP contribution in [0.25, 0.3) is 21.9 Å². The highest BCUT2D eigenvalue weighted by Gasteiger charge is 2.23. The summed E-state index contributed by atoms with van der Waals surface area (Å²) in [5.41, 5.74) is 4.27. The Balaban J connectivity index is 1.31. The molecule has 0 bridgehead atoms. The summed E-state index contributed by atoms with van der Waals surface area (Å²) >= 11 is 1.45. The maximum absolute atomic E-state index is 12.7. The first kappa shape index (κ1) is 22.0. The molecule has 2 heterocycles. The van der Waals surface area contributed by atoms with Crippen molar-refractivity contribution < 1.29 is 28.2 Å². The molecule has 4 aromatic rings. The van der Waals surface area contributed by atoms with Crippen LogP contribution in [-0.2, 0) is 24.2 Å². The summed E-state index contributed by atoms with van der Waals surface area (Å²) in [6.07, 6.45) is 1.89. The number of fused-ring (bicyclic) bond motifs is 3. The number of ether oxygens (including phenoxy) is 4. The molecule has 0 unspecified atom stereocenters. The molecule has 1 aliphatic rings.